The monoisotopic (exact) mass is 345 g/mol. The number of hydrogen-bond donors (Lipinski definition) is 1. The van der Waals surface area contributed by atoms with E-state index in [-0.39, 0.29) is 5.91 Å². The predicted octanol–water partition coefficient (Wildman–Crippen LogP) is 2.62. The van der Waals surface area contributed by atoms with Gasteiger partial charge in [0.05, 0.1) is 18.2 Å². The molecule has 1 aromatic rings. The molecule has 0 heterocycles. The predicted molar refractivity (Wildman–Crippen MR) is 80.7 cm³/mol. The lowest BCUT2D eigenvalue weighted by Crippen LogP contribution is -2.25. The zero-order valence-corrected chi connectivity index (χ0v) is 13.6. The van der Waals surface area contributed by atoms with Crippen LogP contribution in [0, 0.1) is 0 Å². The molecule has 6 heteroatoms. The lowest BCUT2D eigenvalue weighted by Gasteiger charge is -2.13. The van der Waals surface area contributed by atoms with E-state index in [9.17, 15) is 4.79 Å². The highest BCUT2D eigenvalue weighted by Crippen LogP contribution is 2.36. The summed E-state index contributed by atoms with van der Waals surface area (Å²) in [5.41, 5.74) is 0.523. The lowest BCUT2D eigenvalue weighted by atomic mass is 10.2. The first kappa shape index (κ1) is 16.8. The summed E-state index contributed by atoms with van der Waals surface area (Å²) in [6.45, 7) is 3.61. The van der Waals surface area contributed by atoms with Gasteiger partial charge in [0, 0.05) is 25.8 Å². The number of rotatable bonds is 8. The fourth-order valence-electron chi connectivity index (χ4n) is 1.66. The van der Waals surface area contributed by atoms with Crippen molar-refractivity contribution >= 4 is 21.8 Å². The Balaban J connectivity index is 2.80. The van der Waals surface area contributed by atoms with Gasteiger partial charge in [0.25, 0.3) is 5.91 Å². The van der Waals surface area contributed by atoms with Crippen molar-refractivity contribution in [2.75, 3.05) is 34.0 Å². The van der Waals surface area contributed by atoms with Crippen LogP contribution < -0.4 is 14.8 Å². The van der Waals surface area contributed by atoms with E-state index < -0.39 is 0 Å². The Morgan fingerprint density at radius 1 is 1.35 bits per heavy atom. The van der Waals surface area contributed by atoms with Gasteiger partial charge in [0.15, 0.2) is 11.5 Å². The number of benzene rings is 1. The molecular formula is C14H20BrNO4. The normalized spacial score (nSPS) is 10.2. The smallest absolute Gasteiger partial charge is 0.251 e. The lowest BCUT2D eigenvalue weighted by molar-refractivity contribution is 0.0948. The zero-order valence-electron chi connectivity index (χ0n) is 12.0. The molecule has 0 atom stereocenters. The van der Waals surface area contributed by atoms with Gasteiger partial charge in [-0.2, -0.15) is 0 Å². The molecule has 1 rings (SSSR count). The van der Waals surface area contributed by atoms with Crippen molar-refractivity contribution in [1.29, 1.82) is 0 Å². The van der Waals surface area contributed by atoms with E-state index in [1.165, 1.54) is 0 Å². The first-order chi connectivity index (χ1) is 9.63. The minimum Gasteiger partial charge on any atom is -0.493 e. The zero-order chi connectivity index (χ0) is 15.0. The van der Waals surface area contributed by atoms with E-state index >= 15 is 0 Å². The second kappa shape index (κ2) is 8.81. The Hall–Kier alpha value is -1.27. The quantitative estimate of drug-likeness (QED) is 0.736. The molecule has 0 radical (unpaired) electrons. The average Bonchev–Trinajstić information content (AvgIpc) is 2.45. The van der Waals surface area contributed by atoms with E-state index in [2.05, 4.69) is 21.2 Å². The van der Waals surface area contributed by atoms with E-state index in [0.717, 1.165) is 6.42 Å². The highest BCUT2D eigenvalue weighted by Gasteiger charge is 2.15. The van der Waals surface area contributed by atoms with Crippen molar-refractivity contribution in [3.8, 4) is 11.5 Å². The van der Waals surface area contributed by atoms with Crippen molar-refractivity contribution in [3.63, 3.8) is 0 Å². The minimum atomic E-state index is -0.150. The molecule has 0 saturated carbocycles. The fourth-order valence-corrected chi connectivity index (χ4v) is 2.21. The maximum absolute atomic E-state index is 12.0. The highest BCUT2D eigenvalue weighted by atomic mass is 79.9. The number of carbonyl (C=O) groups is 1. The number of ether oxygens (including phenoxy) is 3. The molecule has 0 unspecified atom stereocenters. The van der Waals surface area contributed by atoms with Crippen LogP contribution in [0.4, 0.5) is 0 Å². The van der Waals surface area contributed by atoms with Crippen molar-refractivity contribution in [2.24, 2.45) is 0 Å². The topological polar surface area (TPSA) is 56.8 Å². The molecule has 0 aliphatic heterocycles. The van der Waals surface area contributed by atoms with Crippen LogP contribution in [-0.2, 0) is 4.74 Å². The average molecular weight is 346 g/mol. The summed E-state index contributed by atoms with van der Waals surface area (Å²) in [6, 6.07) is 3.39. The van der Waals surface area contributed by atoms with Gasteiger partial charge in [-0.1, -0.05) is 0 Å². The first-order valence-electron chi connectivity index (χ1n) is 6.41. The van der Waals surface area contributed by atoms with Crippen LogP contribution in [0.25, 0.3) is 0 Å². The van der Waals surface area contributed by atoms with Crippen LogP contribution in [-0.4, -0.2) is 39.9 Å². The van der Waals surface area contributed by atoms with Crippen LogP contribution in [0.15, 0.2) is 16.6 Å². The third kappa shape index (κ3) is 4.68. The second-order valence-electron chi connectivity index (χ2n) is 4.02. The number of carbonyl (C=O) groups excluding carboxylic acids is 1. The number of nitrogens with one attached hydrogen (secondary N) is 1. The van der Waals surface area contributed by atoms with Gasteiger partial charge in [-0.3, -0.25) is 4.79 Å². The van der Waals surface area contributed by atoms with Gasteiger partial charge in [-0.05, 0) is 41.4 Å². The Bertz CT molecular complexity index is 451. The SMILES string of the molecule is CCOc1c(Br)cc(C(=O)NCCCOC)cc1OC. The van der Waals surface area contributed by atoms with Gasteiger partial charge in [0.1, 0.15) is 0 Å². The molecule has 1 N–H and O–H groups in total. The molecular weight excluding hydrogens is 326 g/mol. The Kier molecular flexibility index (Phi) is 7.40. The van der Waals surface area contributed by atoms with Crippen LogP contribution in [0.5, 0.6) is 11.5 Å². The summed E-state index contributed by atoms with van der Waals surface area (Å²) < 4.78 is 16.4. The molecule has 0 aliphatic carbocycles. The molecule has 5 nitrogen and oxygen atoms in total. The van der Waals surface area contributed by atoms with Crippen LogP contribution >= 0.6 is 15.9 Å². The molecule has 0 aliphatic rings. The van der Waals surface area contributed by atoms with Crippen LogP contribution in [0.2, 0.25) is 0 Å². The molecule has 0 fully saturated rings. The van der Waals surface area contributed by atoms with Gasteiger partial charge in [-0.25, -0.2) is 0 Å². The van der Waals surface area contributed by atoms with Gasteiger partial charge >= 0.3 is 0 Å². The van der Waals surface area contributed by atoms with E-state index in [1.807, 2.05) is 6.92 Å². The Morgan fingerprint density at radius 3 is 2.70 bits per heavy atom. The summed E-state index contributed by atoms with van der Waals surface area (Å²) >= 11 is 3.40. The summed E-state index contributed by atoms with van der Waals surface area (Å²) in [6.07, 6.45) is 0.775. The van der Waals surface area contributed by atoms with Crippen molar-refractivity contribution in [3.05, 3.63) is 22.2 Å². The standard InChI is InChI=1S/C14H20BrNO4/c1-4-20-13-11(15)8-10(9-12(13)19-3)14(17)16-6-5-7-18-2/h8-9H,4-7H2,1-3H3,(H,16,17). The number of methoxy groups -OCH3 is 2. The maximum Gasteiger partial charge on any atom is 0.251 e. The van der Waals surface area contributed by atoms with Gasteiger partial charge in [0.2, 0.25) is 0 Å². The fraction of sp³-hybridized carbons (Fsp3) is 0.500. The third-order valence-electron chi connectivity index (χ3n) is 2.59. The molecule has 0 aromatic heterocycles. The summed E-state index contributed by atoms with van der Waals surface area (Å²) in [4.78, 5) is 12.0. The number of hydrogen-bond acceptors (Lipinski definition) is 4. The number of amides is 1. The van der Waals surface area contributed by atoms with Gasteiger partial charge in [-0.15, -0.1) is 0 Å². The molecule has 0 saturated heterocycles. The van der Waals surface area contributed by atoms with E-state index in [1.54, 1.807) is 26.4 Å². The molecule has 20 heavy (non-hydrogen) atoms. The van der Waals surface area contributed by atoms with Crippen molar-refractivity contribution < 1.29 is 19.0 Å². The highest BCUT2D eigenvalue weighted by molar-refractivity contribution is 9.10. The number of halogens is 1. The van der Waals surface area contributed by atoms with Crippen LogP contribution in [0.1, 0.15) is 23.7 Å². The molecule has 1 amide bonds. The second-order valence-corrected chi connectivity index (χ2v) is 4.88. The Morgan fingerprint density at radius 2 is 2.10 bits per heavy atom. The molecule has 112 valence electrons. The van der Waals surface area contributed by atoms with Crippen molar-refractivity contribution in [2.45, 2.75) is 13.3 Å². The van der Waals surface area contributed by atoms with Gasteiger partial charge < -0.3 is 19.5 Å². The van der Waals surface area contributed by atoms with Crippen molar-refractivity contribution in [1.82, 2.24) is 5.32 Å². The molecule has 0 spiro atoms. The molecule has 1 aromatic carbocycles. The minimum absolute atomic E-state index is 0.150. The summed E-state index contributed by atoms with van der Waals surface area (Å²) in [5, 5.41) is 2.83. The summed E-state index contributed by atoms with van der Waals surface area (Å²) in [5.74, 6) is 0.984. The largest absolute Gasteiger partial charge is 0.493 e. The Labute approximate surface area is 127 Å². The molecule has 0 bridgehead atoms. The maximum atomic E-state index is 12.0. The third-order valence-corrected chi connectivity index (χ3v) is 3.18. The van der Waals surface area contributed by atoms with Crippen LogP contribution in [0.3, 0.4) is 0 Å². The summed E-state index contributed by atoms with van der Waals surface area (Å²) in [7, 11) is 3.18. The first-order valence-corrected chi connectivity index (χ1v) is 7.20. The van der Waals surface area contributed by atoms with E-state index in [4.69, 9.17) is 14.2 Å². The van der Waals surface area contributed by atoms with E-state index in [0.29, 0.717) is 41.3 Å².